The van der Waals surface area contributed by atoms with E-state index in [1.165, 1.54) is 6.07 Å². The van der Waals surface area contributed by atoms with Crippen LogP contribution in [-0.4, -0.2) is 44.0 Å². The Labute approximate surface area is 201 Å². The molecule has 0 fully saturated rings. The molecule has 4 rings (SSSR count). The molecule has 7 nitrogen and oxygen atoms in total. The molecule has 3 aromatic rings. The number of carbonyl (C=O) groups is 3. The second kappa shape index (κ2) is 10.9. The quantitative estimate of drug-likeness (QED) is 0.390. The van der Waals surface area contributed by atoms with Gasteiger partial charge in [-0.25, -0.2) is 4.79 Å². The number of amides is 1. The molecular formula is C26H22ClNO6. The highest BCUT2D eigenvalue weighted by Gasteiger charge is 2.20. The molecule has 174 valence electrons. The molecule has 0 spiro atoms. The molecule has 8 heteroatoms. The molecule has 1 amide bonds. The third-order valence-corrected chi connectivity index (χ3v) is 5.43. The first-order valence-corrected chi connectivity index (χ1v) is 11.1. The molecule has 0 aliphatic carbocycles. The van der Waals surface area contributed by atoms with Crippen molar-refractivity contribution in [1.29, 1.82) is 0 Å². The maximum Gasteiger partial charge on any atom is 0.339 e. The van der Waals surface area contributed by atoms with E-state index in [1.54, 1.807) is 42.5 Å². The normalized spacial score (nSPS) is 12.0. The molecule has 0 radical (unpaired) electrons. The minimum Gasteiger partial charge on any atom is -0.486 e. The number of benzene rings is 3. The fraction of sp³-hybridized carbons (Fsp3) is 0.192. The van der Waals surface area contributed by atoms with Crippen LogP contribution in [0.25, 0.3) is 0 Å². The zero-order valence-electron chi connectivity index (χ0n) is 18.2. The van der Waals surface area contributed by atoms with Gasteiger partial charge in [-0.1, -0.05) is 35.9 Å². The Bertz CT molecular complexity index is 1210. The van der Waals surface area contributed by atoms with Crippen LogP contribution in [0.15, 0.2) is 66.7 Å². The monoisotopic (exact) mass is 479 g/mol. The van der Waals surface area contributed by atoms with Gasteiger partial charge in [0.05, 0.1) is 5.56 Å². The fourth-order valence-electron chi connectivity index (χ4n) is 3.47. The molecule has 34 heavy (non-hydrogen) atoms. The van der Waals surface area contributed by atoms with Crippen molar-refractivity contribution in [3.8, 4) is 11.5 Å². The second-order valence-corrected chi connectivity index (χ2v) is 7.97. The van der Waals surface area contributed by atoms with E-state index in [0.29, 0.717) is 48.3 Å². The molecule has 0 atom stereocenters. The number of nitrogens with one attached hydrogen (secondary N) is 1. The van der Waals surface area contributed by atoms with E-state index in [9.17, 15) is 14.4 Å². The second-order valence-electron chi connectivity index (χ2n) is 7.54. The molecule has 0 aromatic heterocycles. The van der Waals surface area contributed by atoms with Gasteiger partial charge < -0.3 is 19.5 Å². The lowest BCUT2D eigenvalue weighted by molar-refractivity contribution is -0.124. The Morgan fingerprint density at radius 2 is 1.59 bits per heavy atom. The third kappa shape index (κ3) is 5.74. The number of carbonyl (C=O) groups excluding carboxylic acids is 3. The van der Waals surface area contributed by atoms with Crippen LogP contribution in [0, 0.1) is 0 Å². The van der Waals surface area contributed by atoms with Crippen molar-refractivity contribution < 1.29 is 28.6 Å². The SMILES string of the molecule is O=C(COC(=O)c1ccccc1C(=O)c1ccc(Cl)cc1)NCCc1ccc2c(c1)OCCO2. The zero-order valence-corrected chi connectivity index (χ0v) is 19.0. The molecule has 1 aliphatic heterocycles. The van der Waals surface area contributed by atoms with Gasteiger partial charge in [-0.3, -0.25) is 9.59 Å². The van der Waals surface area contributed by atoms with E-state index in [0.717, 1.165) is 5.56 Å². The molecule has 1 N–H and O–H groups in total. The van der Waals surface area contributed by atoms with Crippen molar-refractivity contribution in [2.45, 2.75) is 6.42 Å². The van der Waals surface area contributed by atoms with Crippen LogP contribution in [0.4, 0.5) is 0 Å². The highest BCUT2D eigenvalue weighted by atomic mass is 35.5. The van der Waals surface area contributed by atoms with Crippen molar-refractivity contribution in [3.63, 3.8) is 0 Å². The summed E-state index contributed by atoms with van der Waals surface area (Å²) in [5, 5.41) is 3.22. The van der Waals surface area contributed by atoms with Crippen LogP contribution >= 0.6 is 11.6 Å². The van der Waals surface area contributed by atoms with E-state index in [4.69, 9.17) is 25.8 Å². The number of ether oxygens (including phenoxy) is 3. The molecule has 0 saturated heterocycles. The number of rotatable bonds is 8. The predicted octanol–water partition coefficient (Wildman–Crippen LogP) is 3.86. The Kier molecular flexibility index (Phi) is 7.44. The van der Waals surface area contributed by atoms with Crippen molar-refractivity contribution >= 4 is 29.3 Å². The Hall–Kier alpha value is -3.84. The first-order chi connectivity index (χ1) is 16.5. The Morgan fingerprint density at radius 3 is 2.35 bits per heavy atom. The summed E-state index contributed by atoms with van der Waals surface area (Å²) in [6, 6.07) is 18.3. The summed E-state index contributed by atoms with van der Waals surface area (Å²) in [7, 11) is 0. The van der Waals surface area contributed by atoms with Gasteiger partial charge in [-0.05, 0) is 54.4 Å². The molecule has 0 saturated carbocycles. The lowest BCUT2D eigenvalue weighted by Crippen LogP contribution is -2.30. The van der Waals surface area contributed by atoms with E-state index in [-0.39, 0.29) is 16.9 Å². The van der Waals surface area contributed by atoms with Crippen LogP contribution in [0.1, 0.15) is 31.8 Å². The van der Waals surface area contributed by atoms with E-state index in [1.807, 2.05) is 18.2 Å². The minimum atomic E-state index is -0.750. The summed E-state index contributed by atoms with van der Waals surface area (Å²) in [5.74, 6) is -0.128. The number of esters is 1. The number of hydrogen-bond donors (Lipinski definition) is 1. The number of ketones is 1. The van der Waals surface area contributed by atoms with Gasteiger partial charge in [-0.2, -0.15) is 0 Å². The first-order valence-electron chi connectivity index (χ1n) is 10.7. The van der Waals surface area contributed by atoms with Gasteiger partial charge in [0.15, 0.2) is 23.9 Å². The van der Waals surface area contributed by atoms with E-state index >= 15 is 0 Å². The maximum absolute atomic E-state index is 12.8. The molecule has 1 heterocycles. The standard InChI is InChI=1S/C26H22ClNO6/c27-19-8-6-18(7-9-19)25(30)20-3-1-2-4-21(20)26(31)34-16-24(29)28-12-11-17-5-10-22-23(15-17)33-14-13-32-22/h1-10,15H,11-14,16H2,(H,28,29). The molecule has 0 unspecified atom stereocenters. The Morgan fingerprint density at radius 1 is 0.882 bits per heavy atom. The van der Waals surface area contributed by atoms with Gasteiger partial charge in [0, 0.05) is 22.7 Å². The number of halogens is 1. The molecule has 1 aliphatic rings. The fourth-order valence-corrected chi connectivity index (χ4v) is 3.59. The van der Waals surface area contributed by atoms with Crippen LogP contribution in [0.3, 0.4) is 0 Å². The van der Waals surface area contributed by atoms with Gasteiger partial charge in [0.2, 0.25) is 0 Å². The van der Waals surface area contributed by atoms with Crippen LogP contribution in [0.5, 0.6) is 11.5 Å². The zero-order chi connectivity index (χ0) is 23.9. The smallest absolute Gasteiger partial charge is 0.339 e. The van der Waals surface area contributed by atoms with Crippen molar-refractivity contribution in [2.75, 3.05) is 26.4 Å². The summed E-state index contributed by atoms with van der Waals surface area (Å²) >= 11 is 5.88. The Balaban J connectivity index is 1.29. The number of fused-ring (bicyclic) bond motifs is 1. The summed E-state index contributed by atoms with van der Waals surface area (Å²) in [4.78, 5) is 37.6. The van der Waals surface area contributed by atoms with E-state index in [2.05, 4.69) is 5.32 Å². The van der Waals surface area contributed by atoms with Crippen molar-refractivity contribution in [2.24, 2.45) is 0 Å². The summed E-state index contributed by atoms with van der Waals surface area (Å²) in [6.07, 6.45) is 0.578. The molecule has 3 aromatic carbocycles. The lowest BCUT2D eigenvalue weighted by atomic mass is 9.98. The average molecular weight is 480 g/mol. The largest absolute Gasteiger partial charge is 0.486 e. The lowest BCUT2D eigenvalue weighted by Gasteiger charge is -2.18. The molecule has 0 bridgehead atoms. The van der Waals surface area contributed by atoms with Gasteiger partial charge in [0.1, 0.15) is 13.2 Å². The summed E-state index contributed by atoms with van der Waals surface area (Å²) < 4.78 is 16.2. The highest BCUT2D eigenvalue weighted by molar-refractivity contribution is 6.30. The summed E-state index contributed by atoms with van der Waals surface area (Å²) in [6.45, 7) is 0.943. The van der Waals surface area contributed by atoms with Crippen LogP contribution in [0.2, 0.25) is 5.02 Å². The van der Waals surface area contributed by atoms with Crippen LogP contribution < -0.4 is 14.8 Å². The van der Waals surface area contributed by atoms with Gasteiger partial charge >= 0.3 is 5.97 Å². The third-order valence-electron chi connectivity index (χ3n) is 5.17. The first kappa shape index (κ1) is 23.3. The van der Waals surface area contributed by atoms with Gasteiger partial charge in [0.25, 0.3) is 5.91 Å². The topological polar surface area (TPSA) is 90.9 Å². The average Bonchev–Trinajstić information content (AvgIpc) is 2.87. The van der Waals surface area contributed by atoms with Crippen LogP contribution in [-0.2, 0) is 16.0 Å². The predicted molar refractivity (Wildman–Crippen MR) is 126 cm³/mol. The highest BCUT2D eigenvalue weighted by Crippen LogP contribution is 2.30. The molecular weight excluding hydrogens is 458 g/mol. The minimum absolute atomic E-state index is 0.0894. The number of hydrogen-bond acceptors (Lipinski definition) is 6. The maximum atomic E-state index is 12.8. The summed E-state index contributed by atoms with van der Waals surface area (Å²) in [5.41, 5.74) is 1.65. The van der Waals surface area contributed by atoms with Crippen molar-refractivity contribution in [3.05, 3.63) is 94.0 Å². The van der Waals surface area contributed by atoms with Crippen molar-refractivity contribution in [1.82, 2.24) is 5.32 Å². The van der Waals surface area contributed by atoms with Gasteiger partial charge in [-0.15, -0.1) is 0 Å². The van der Waals surface area contributed by atoms with E-state index < -0.39 is 18.5 Å².